The fourth-order valence-corrected chi connectivity index (χ4v) is 1.62. The molecule has 1 heterocycles. The van der Waals surface area contributed by atoms with Crippen LogP contribution in [0, 0.1) is 3.57 Å². The highest BCUT2D eigenvalue weighted by Crippen LogP contribution is 2.32. The van der Waals surface area contributed by atoms with E-state index < -0.39 is 12.2 Å². The Hall–Kier alpha value is -1.06. The van der Waals surface area contributed by atoms with Crippen LogP contribution in [0.25, 0.3) is 0 Å². The quantitative estimate of drug-likeness (QED) is 0.623. The number of carbonyl (C=O) groups is 1. The van der Waals surface area contributed by atoms with Crippen LogP contribution in [0.5, 0.6) is 11.6 Å². The summed E-state index contributed by atoms with van der Waals surface area (Å²) in [5.41, 5.74) is -0.369. The lowest BCUT2D eigenvalue weighted by Gasteiger charge is -2.12. The van der Waals surface area contributed by atoms with Crippen LogP contribution in [-0.2, 0) is 0 Å². The Morgan fingerprint density at radius 1 is 1.50 bits per heavy atom. The summed E-state index contributed by atoms with van der Waals surface area (Å²) in [7, 11) is 1.24. The largest absolute Gasteiger partial charge is 0.574 e. The van der Waals surface area contributed by atoms with E-state index in [-0.39, 0.29) is 17.6 Å². The number of rotatable bonds is 3. The molecular formula is C8H5F3INO3. The molecule has 0 aliphatic carbocycles. The zero-order valence-electron chi connectivity index (χ0n) is 7.84. The summed E-state index contributed by atoms with van der Waals surface area (Å²) in [6.45, 7) is 0. The first-order valence-electron chi connectivity index (χ1n) is 3.82. The molecular weight excluding hydrogens is 342 g/mol. The maximum atomic E-state index is 12.0. The van der Waals surface area contributed by atoms with Crippen molar-refractivity contribution in [2.45, 2.75) is 6.36 Å². The average Bonchev–Trinajstić information content (AvgIpc) is 2.18. The number of carbonyl (C=O) groups excluding carboxylic acids is 1. The third-order valence-electron chi connectivity index (χ3n) is 1.52. The minimum Gasteiger partial charge on any atom is -0.495 e. The van der Waals surface area contributed by atoms with Crippen molar-refractivity contribution in [2.24, 2.45) is 0 Å². The van der Waals surface area contributed by atoms with Gasteiger partial charge in [0.05, 0.1) is 10.7 Å². The van der Waals surface area contributed by atoms with Crippen LogP contribution in [0.4, 0.5) is 13.2 Å². The second-order valence-corrected chi connectivity index (χ2v) is 3.69. The lowest BCUT2D eigenvalue weighted by molar-refractivity contribution is -0.276. The van der Waals surface area contributed by atoms with Crippen molar-refractivity contribution in [1.82, 2.24) is 4.98 Å². The standard InChI is InChI=1S/C8H5F3INO3/c1-15-6-4(3-14)7(13-2-5(6)12)16-8(9,10)11/h2-3H,1H3. The summed E-state index contributed by atoms with van der Waals surface area (Å²) in [6.07, 6.45) is -3.58. The number of ether oxygens (including phenoxy) is 2. The van der Waals surface area contributed by atoms with E-state index in [0.717, 1.165) is 6.20 Å². The van der Waals surface area contributed by atoms with Gasteiger partial charge in [-0.1, -0.05) is 0 Å². The van der Waals surface area contributed by atoms with Crippen molar-refractivity contribution >= 4 is 28.9 Å². The van der Waals surface area contributed by atoms with Gasteiger partial charge in [-0.3, -0.25) is 4.79 Å². The molecule has 1 rings (SSSR count). The summed E-state index contributed by atoms with van der Waals surface area (Å²) in [4.78, 5) is 14.1. The molecule has 88 valence electrons. The lowest BCUT2D eigenvalue weighted by Crippen LogP contribution is -2.19. The molecule has 0 spiro atoms. The second kappa shape index (κ2) is 4.85. The molecule has 0 N–H and O–H groups in total. The fourth-order valence-electron chi connectivity index (χ4n) is 0.972. The van der Waals surface area contributed by atoms with E-state index in [1.807, 2.05) is 0 Å². The first kappa shape index (κ1) is 13.0. The van der Waals surface area contributed by atoms with Crippen molar-refractivity contribution in [3.8, 4) is 11.6 Å². The van der Waals surface area contributed by atoms with Crippen molar-refractivity contribution in [2.75, 3.05) is 7.11 Å². The van der Waals surface area contributed by atoms with Gasteiger partial charge in [0.2, 0.25) is 5.88 Å². The Labute approximate surface area is 102 Å². The molecule has 0 radical (unpaired) electrons. The molecule has 0 saturated carbocycles. The number of alkyl halides is 3. The number of pyridine rings is 1. The molecule has 16 heavy (non-hydrogen) atoms. The van der Waals surface area contributed by atoms with Gasteiger partial charge in [0.25, 0.3) is 0 Å². The molecule has 0 fully saturated rings. The van der Waals surface area contributed by atoms with E-state index in [1.54, 1.807) is 22.6 Å². The average molecular weight is 347 g/mol. The third kappa shape index (κ3) is 2.97. The van der Waals surface area contributed by atoms with E-state index in [0.29, 0.717) is 3.57 Å². The van der Waals surface area contributed by atoms with E-state index in [2.05, 4.69) is 9.72 Å². The van der Waals surface area contributed by atoms with Gasteiger partial charge in [-0.05, 0) is 22.6 Å². The molecule has 0 aromatic carbocycles. The highest BCUT2D eigenvalue weighted by Gasteiger charge is 2.33. The highest BCUT2D eigenvalue weighted by atomic mass is 127. The minimum atomic E-state index is -4.90. The van der Waals surface area contributed by atoms with Gasteiger partial charge in [-0.2, -0.15) is 0 Å². The van der Waals surface area contributed by atoms with Crippen LogP contribution >= 0.6 is 22.6 Å². The summed E-state index contributed by atoms with van der Waals surface area (Å²) in [5.74, 6) is -0.815. The molecule has 8 heteroatoms. The zero-order valence-corrected chi connectivity index (χ0v) is 10.00. The zero-order chi connectivity index (χ0) is 12.3. The van der Waals surface area contributed by atoms with Crippen LogP contribution in [0.2, 0.25) is 0 Å². The topological polar surface area (TPSA) is 48.4 Å². The van der Waals surface area contributed by atoms with Crippen LogP contribution in [0.1, 0.15) is 10.4 Å². The Balaban J connectivity index is 3.25. The second-order valence-electron chi connectivity index (χ2n) is 2.52. The van der Waals surface area contributed by atoms with Crippen molar-refractivity contribution < 1.29 is 27.4 Å². The Kier molecular flexibility index (Phi) is 3.94. The molecule has 0 bridgehead atoms. The van der Waals surface area contributed by atoms with Crippen molar-refractivity contribution in [3.05, 3.63) is 15.3 Å². The Morgan fingerprint density at radius 2 is 2.12 bits per heavy atom. The van der Waals surface area contributed by atoms with E-state index in [1.165, 1.54) is 7.11 Å². The van der Waals surface area contributed by atoms with Crippen LogP contribution in [0.3, 0.4) is 0 Å². The molecule has 0 aliphatic heterocycles. The van der Waals surface area contributed by atoms with Crippen LogP contribution in [0.15, 0.2) is 6.20 Å². The Morgan fingerprint density at radius 3 is 2.56 bits per heavy atom. The van der Waals surface area contributed by atoms with Gasteiger partial charge in [0, 0.05) is 6.20 Å². The fraction of sp³-hybridized carbons (Fsp3) is 0.250. The number of hydrogen-bond acceptors (Lipinski definition) is 4. The van der Waals surface area contributed by atoms with Crippen molar-refractivity contribution in [1.29, 1.82) is 0 Å². The molecule has 1 aromatic rings. The smallest absolute Gasteiger partial charge is 0.495 e. The number of nitrogens with zero attached hydrogens (tertiary/aromatic N) is 1. The number of methoxy groups -OCH3 is 1. The molecule has 0 saturated heterocycles. The summed E-state index contributed by atoms with van der Waals surface area (Å²) in [6, 6.07) is 0. The maximum Gasteiger partial charge on any atom is 0.574 e. The summed E-state index contributed by atoms with van der Waals surface area (Å²) in [5, 5.41) is 0. The summed E-state index contributed by atoms with van der Waals surface area (Å²) >= 11 is 1.78. The van der Waals surface area contributed by atoms with Crippen molar-refractivity contribution in [3.63, 3.8) is 0 Å². The van der Waals surface area contributed by atoms with E-state index in [9.17, 15) is 18.0 Å². The maximum absolute atomic E-state index is 12.0. The highest BCUT2D eigenvalue weighted by molar-refractivity contribution is 14.1. The number of halogens is 4. The third-order valence-corrected chi connectivity index (χ3v) is 2.29. The minimum absolute atomic E-state index is 0.00449. The molecule has 0 amide bonds. The SMILES string of the molecule is COc1c(I)cnc(OC(F)(F)F)c1C=O. The number of hydrogen-bond donors (Lipinski definition) is 0. The molecule has 0 aliphatic rings. The van der Waals surface area contributed by atoms with Gasteiger partial charge in [0.1, 0.15) is 11.3 Å². The first-order chi connectivity index (χ1) is 7.39. The van der Waals surface area contributed by atoms with E-state index >= 15 is 0 Å². The lowest BCUT2D eigenvalue weighted by atomic mass is 10.2. The molecule has 0 unspecified atom stereocenters. The first-order valence-corrected chi connectivity index (χ1v) is 4.90. The van der Waals surface area contributed by atoms with Crippen LogP contribution in [-0.4, -0.2) is 24.7 Å². The van der Waals surface area contributed by atoms with Gasteiger partial charge in [-0.15, -0.1) is 13.2 Å². The van der Waals surface area contributed by atoms with Gasteiger partial charge >= 0.3 is 6.36 Å². The van der Waals surface area contributed by atoms with Gasteiger partial charge in [-0.25, -0.2) is 4.98 Å². The molecule has 4 nitrogen and oxygen atoms in total. The number of aldehydes is 1. The predicted molar refractivity (Wildman–Crippen MR) is 55.6 cm³/mol. The predicted octanol–water partition coefficient (Wildman–Crippen LogP) is 2.41. The summed E-state index contributed by atoms with van der Waals surface area (Å²) < 4.78 is 44.7. The molecule has 0 atom stereocenters. The van der Waals surface area contributed by atoms with E-state index in [4.69, 9.17) is 4.74 Å². The van der Waals surface area contributed by atoms with Crippen LogP contribution < -0.4 is 9.47 Å². The van der Waals surface area contributed by atoms with Gasteiger partial charge in [0.15, 0.2) is 6.29 Å². The van der Waals surface area contributed by atoms with Gasteiger partial charge < -0.3 is 9.47 Å². The molecule has 1 aromatic heterocycles. The number of aromatic nitrogens is 1. The Bertz CT molecular complexity index is 408. The monoisotopic (exact) mass is 347 g/mol. The normalized spacial score (nSPS) is 11.1.